The average molecular weight is 351 g/mol. The second kappa shape index (κ2) is 8.80. The van der Waals surface area contributed by atoms with Crippen molar-refractivity contribution in [3.63, 3.8) is 0 Å². The Morgan fingerprint density at radius 1 is 1.08 bits per heavy atom. The van der Waals surface area contributed by atoms with Crippen LogP contribution in [0, 0.1) is 5.82 Å². The second-order valence-corrected chi connectivity index (χ2v) is 5.85. The lowest BCUT2D eigenvalue weighted by molar-refractivity contribution is 0.625. The lowest BCUT2D eigenvalue weighted by Crippen LogP contribution is -2.37. The van der Waals surface area contributed by atoms with Gasteiger partial charge in [-0.25, -0.2) is 9.07 Å². The van der Waals surface area contributed by atoms with E-state index in [1.807, 2.05) is 35.1 Å². The highest BCUT2D eigenvalue weighted by atomic mass is 19.1. The van der Waals surface area contributed by atoms with Crippen molar-refractivity contribution in [2.24, 2.45) is 4.99 Å². The van der Waals surface area contributed by atoms with Gasteiger partial charge >= 0.3 is 0 Å². The molecule has 3 rings (SSSR count). The van der Waals surface area contributed by atoms with Gasteiger partial charge in [0.15, 0.2) is 5.96 Å². The molecule has 1 aromatic heterocycles. The van der Waals surface area contributed by atoms with E-state index in [0.29, 0.717) is 13.1 Å². The lowest BCUT2D eigenvalue weighted by Gasteiger charge is -2.12. The summed E-state index contributed by atoms with van der Waals surface area (Å²) in [5.74, 6) is 0.515. The molecule has 134 valence electrons. The number of benzene rings is 2. The Balaban J connectivity index is 1.46. The molecule has 2 N–H and O–H groups in total. The number of hydrogen-bond donors (Lipinski definition) is 2. The van der Waals surface area contributed by atoms with Crippen LogP contribution in [-0.4, -0.2) is 29.3 Å². The first kappa shape index (κ1) is 17.7. The van der Waals surface area contributed by atoms with Gasteiger partial charge in [0, 0.05) is 32.5 Å². The SMILES string of the molecule is CN=C(NCCc1cccc(F)c1)NCc1ccc(-n2cccn2)cc1. The summed E-state index contributed by atoms with van der Waals surface area (Å²) >= 11 is 0. The van der Waals surface area contributed by atoms with Gasteiger partial charge in [-0.3, -0.25) is 4.99 Å². The summed E-state index contributed by atoms with van der Waals surface area (Å²) in [6.45, 7) is 1.35. The number of rotatable bonds is 6. The Morgan fingerprint density at radius 3 is 2.62 bits per heavy atom. The summed E-state index contributed by atoms with van der Waals surface area (Å²) in [5.41, 5.74) is 3.13. The van der Waals surface area contributed by atoms with E-state index >= 15 is 0 Å². The van der Waals surface area contributed by atoms with Crippen LogP contribution in [0.3, 0.4) is 0 Å². The average Bonchev–Trinajstić information content (AvgIpc) is 3.20. The molecule has 26 heavy (non-hydrogen) atoms. The minimum atomic E-state index is -0.205. The Kier molecular flexibility index (Phi) is 5.98. The highest BCUT2D eigenvalue weighted by Gasteiger charge is 2.01. The molecule has 5 nitrogen and oxygen atoms in total. The quantitative estimate of drug-likeness (QED) is 0.530. The standard InChI is InChI=1S/C20H22FN5/c1-22-20(23-12-10-16-4-2-5-18(21)14-16)24-15-17-6-8-19(9-7-17)26-13-3-11-25-26/h2-9,11,13-14H,10,12,15H2,1H3,(H2,22,23,24). The minimum Gasteiger partial charge on any atom is -0.356 e. The third-order valence-corrected chi connectivity index (χ3v) is 3.98. The zero-order valence-electron chi connectivity index (χ0n) is 14.7. The molecule has 0 saturated carbocycles. The summed E-state index contributed by atoms with van der Waals surface area (Å²) in [7, 11) is 1.73. The molecule has 0 aliphatic carbocycles. The first-order valence-corrected chi connectivity index (χ1v) is 8.52. The molecular weight excluding hydrogens is 329 g/mol. The summed E-state index contributed by atoms with van der Waals surface area (Å²) in [5, 5.41) is 10.7. The summed E-state index contributed by atoms with van der Waals surface area (Å²) in [4.78, 5) is 4.22. The van der Waals surface area contributed by atoms with Crippen LogP contribution >= 0.6 is 0 Å². The number of nitrogens with one attached hydrogen (secondary N) is 2. The van der Waals surface area contributed by atoms with Crippen LogP contribution in [-0.2, 0) is 13.0 Å². The number of halogens is 1. The van der Waals surface area contributed by atoms with Gasteiger partial charge in [-0.1, -0.05) is 24.3 Å². The van der Waals surface area contributed by atoms with E-state index in [9.17, 15) is 4.39 Å². The number of aromatic nitrogens is 2. The van der Waals surface area contributed by atoms with Crippen LogP contribution in [0.15, 0.2) is 72.0 Å². The van der Waals surface area contributed by atoms with Gasteiger partial charge in [0.1, 0.15) is 5.82 Å². The molecule has 3 aromatic rings. The Labute approximate surface area is 152 Å². The van der Waals surface area contributed by atoms with Gasteiger partial charge < -0.3 is 10.6 Å². The summed E-state index contributed by atoms with van der Waals surface area (Å²) in [6, 6.07) is 16.7. The molecule has 6 heteroatoms. The molecule has 0 aliphatic heterocycles. The van der Waals surface area contributed by atoms with Gasteiger partial charge in [0.05, 0.1) is 5.69 Å². The number of aliphatic imine (C=N–C) groups is 1. The van der Waals surface area contributed by atoms with E-state index in [4.69, 9.17) is 0 Å². The van der Waals surface area contributed by atoms with Crippen molar-refractivity contribution < 1.29 is 4.39 Å². The fraction of sp³-hybridized carbons (Fsp3) is 0.200. The lowest BCUT2D eigenvalue weighted by atomic mass is 10.1. The summed E-state index contributed by atoms with van der Waals surface area (Å²) in [6.07, 6.45) is 4.41. The maximum absolute atomic E-state index is 13.2. The Hall–Kier alpha value is -3.15. The molecule has 1 heterocycles. The van der Waals surface area contributed by atoms with E-state index in [0.717, 1.165) is 29.2 Å². The molecule has 0 saturated heterocycles. The molecule has 2 aromatic carbocycles. The zero-order valence-corrected chi connectivity index (χ0v) is 14.7. The van der Waals surface area contributed by atoms with Crippen LogP contribution in [0.4, 0.5) is 4.39 Å². The first-order valence-electron chi connectivity index (χ1n) is 8.52. The van der Waals surface area contributed by atoms with E-state index in [1.165, 1.54) is 6.07 Å². The smallest absolute Gasteiger partial charge is 0.191 e. The largest absolute Gasteiger partial charge is 0.356 e. The normalized spacial score (nSPS) is 11.4. The van der Waals surface area contributed by atoms with E-state index < -0.39 is 0 Å². The van der Waals surface area contributed by atoms with Crippen molar-refractivity contribution in [1.29, 1.82) is 0 Å². The van der Waals surface area contributed by atoms with Gasteiger partial charge in [0.25, 0.3) is 0 Å². The van der Waals surface area contributed by atoms with Crippen molar-refractivity contribution in [1.82, 2.24) is 20.4 Å². The fourth-order valence-electron chi connectivity index (χ4n) is 2.61. The molecule has 0 fully saturated rings. The van der Waals surface area contributed by atoms with Crippen LogP contribution < -0.4 is 10.6 Å². The zero-order chi connectivity index (χ0) is 18.2. The summed E-state index contributed by atoms with van der Waals surface area (Å²) < 4.78 is 15.0. The predicted molar refractivity (Wildman–Crippen MR) is 102 cm³/mol. The molecular formula is C20H22FN5. The molecule has 0 spiro atoms. The van der Waals surface area contributed by atoms with E-state index in [-0.39, 0.29) is 5.82 Å². The highest BCUT2D eigenvalue weighted by molar-refractivity contribution is 5.79. The minimum absolute atomic E-state index is 0.205. The monoisotopic (exact) mass is 351 g/mol. The number of hydrogen-bond acceptors (Lipinski definition) is 2. The molecule has 0 bridgehead atoms. The first-order chi connectivity index (χ1) is 12.7. The van der Waals surface area contributed by atoms with Crippen molar-refractivity contribution in [2.75, 3.05) is 13.6 Å². The molecule has 0 unspecified atom stereocenters. The van der Waals surface area contributed by atoms with Crippen molar-refractivity contribution in [3.8, 4) is 5.69 Å². The third-order valence-electron chi connectivity index (χ3n) is 3.98. The van der Waals surface area contributed by atoms with E-state index in [1.54, 1.807) is 25.4 Å². The second-order valence-electron chi connectivity index (χ2n) is 5.85. The molecule has 0 aliphatic rings. The number of guanidine groups is 1. The van der Waals surface area contributed by atoms with E-state index in [2.05, 4.69) is 32.9 Å². The number of nitrogens with zero attached hydrogens (tertiary/aromatic N) is 3. The topological polar surface area (TPSA) is 54.2 Å². The van der Waals surface area contributed by atoms with Crippen LogP contribution in [0.5, 0.6) is 0 Å². The third kappa shape index (κ3) is 4.92. The highest BCUT2D eigenvalue weighted by Crippen LogP contribution is 2.08. The molecule has 0 atom stereocenters. The van der Waals surface area contributed by atoms with Crippen molar-refractivity contribution >= 4 is 5.96 Å². The van der Waals surface area contributed by atoms with Crippen LogP contribution in [0.25, 0.3) is 5.69 Å². The van der Waals surface area contributed by atoms with Crippen LogP contribution in [0.1, 0.15) is 11.1 Å². The van der Waals surface area contributed by atoms with Crippen LogP contribution in [0.2, 0.25) is 0 Å². The molecule has 0 radical (unpaired) electrons. The van der Waals surface area contributed by atoms with Crippen molar-refractivity contribution in [2.45, 2.75) is 13.0 Å². The van der Waals surface area contributed by atoms with Gasteiger partial charge in [-0.05, 0) is 47.9 Å². The Morgan fingerprint density at radius 2 is 1.92 bits per heavy atom. The van der Waals surface area contributed by atoms with Gasteiger partial charge in [0.2, 0.25) is 0 Å². The fourth-order valence-corrected chi connectivity index (χ4v) is 2.61. The van der Waals surface area contributed by atoms with Gasteiger partial charge in [-0.2, -0.15) is 5.10 Å². The maximum atomic E-state index is 13.2. The van der Waals surface area contributed by atoms with Crippen molar-refractivity contribution in [3.05, 3.63) is 83.9 Å². The maximum Gasteiger partial charge on any atom is 0.191 e. The van der Waals surface area contributed by atoms with Gasteiger partial charge in [-0.15, -0.1) is 0 Å². The molecule has 0 amide bonds. The Bertz CT molecular complexity index is 841. The predicted octanol–water partition coefficient (Wildman–Crippen LogP) is 2.92.